The van der Waals surface area contributed by atoms with Crippen LogP contribution < -0.4 is 0 Å². The van der Waals surface area contributed by atoms with E-state index in [1.807, 2.05) is 62.4 Å². The van der Waals surface area contributed by atoms with Crippen LogP contribution >= 0.6 is 0 Å². The molecule has 3 rings (SSSR count). The van der Waals surface area contributed by atoms with Crippen molar-refractivity contribution in [1.29, 1.82) is 0 Å². The Kier molecular flexibility index (Phi) is 4.57. The first kappa shape index (κ1) is 16.1. The average molecular weight is 316 g/mol. The average Bonchev–Trinajstić information content (AvgIpc) is 2.60. The van der Waals surface area contributed by atoms with Crippen molar-refractivity contribution in [3.8, 4) is 0 Å². The highest BCUT2D eigenvalue weighted by atomic mass is 16.1. The van der Waals surface area contributed by atoms with Gasteiger partial charge < -0.3 is 0 Å². The van der Waals surface area contributed by atoms with Gasteiger partial charge in [0.05, 0.1) is 0 Å². The van der Waals surface area contributed by atoms with Crippen LogP contribution in [0, 0.1) is 13.8 Å². The maximum absolute atomic E-state index is 12.6. The fourth-order valence-corrected chi connectivity index (χ4v) is 2.96. The van der Waals surface area contributed by atoms with Crippen LogP contribution in [0.1, 0.15) is 44.7 Å². The number of Topliss-reactive ketones (excluding diaryl/α,β-unsaturated/α-hetero) is 2. The van der Waals surface area contributed by atoms with E-state index in [4.69, 9.17) is 0 Å². The number of hydrogen-bond acceptors (Lipinski definition) is 2. The van der Waals surface area contributed by atoms with Gasteiger partial charge in [0.2, 0.25) is 0 Å². The highest BCUT2D eigenvalue weighted by Crippen LogP contribution is 2.24. The molecule has 0 aliphatic heterocycles. The summed E-state index contributed by atoms with van der Waals surface area (Å²) < 4.78 is 0. The first-order chi connectivity index (χ1) is 11.5. The monoisotopic (exact) mass is 316 g/mol. The molecule has 0 amide bonds. The molecule has 0 spiro atoms. The van der Waals surface area contributed by atoms with Crippen LogP contribution in [-0.2, 0) is 0 Å². The standard InChI is InChI=1S/C22H20O2/c1-15-5-3-7-19(13-15)21(23)17-9-11-18(12-10-17)22(24)20-8-4-6-16(2)14-20/h3-9,11,13-14H,10,12H2,1-2H3. The summed E-state index contributed by atoms with van der Waals surface area (Å²) in [6.07, 6.45) is 4.82. The van der Waals surface area contributed by atoms with Gasteiger partial charge in [0.15, 0.2) is 11.6 Å². The normalized spacial score (nSPS) is 13.9. The lowest BCUT2D eigenvalue weighted by atomic mass is 9.89. The van der Waals surface area contributed by atoms with Crippen molar-refractivity contribution >= 4 is 11.6 Å². The van der Waals surface area contributed by atoms with Crippen LogP contribution in [0.15, 0.2) is 71.8 Å². The number of allylic oxidation sites excluding steroid dienone is 4. The van der Waals surface area contributed by atoms with Gasteiger partial charge in [-0.1, -0.05) is 59.7 Å². The lowest BCUT2D eigenvalue weighted by molar-refractivity contribution is 0.101. The zero-order valence-electron chi connectivity index (χ0n) is 14.0. The van der Waals surface area contributed by atoms with Crippen molar-refractivity contribution < 1.29 is 9.59 Å². The summed E-state index contributed by atoms with van der Waals surface area (Å²) in [6, 6.07) is 15.2. The Morgan fingerprint density at radius 2 is 1.12 bits per heavy atom. The van der Waals surface area contributed by atoms with Crippen molar-refractivity contribution in [2.24, 2.45) is 0 Å². The summed E-state index contributed by atoms with van der Waals surface area (Å²) in [7, 11) is 0. The SMILES string of the molecule is Cc1cccc(C(=O)C2=CC=C(C(=O)c3cccc(C)c3)CC2)c1. The molecule has 0 bridgehead atoms. The minimum atomic E-state index is 0.0528. The van der Waals surface area contributed by atoms with Crippen LogP contribution in [0.25, 0.3) is 0 Å². The Bertz CT molecular complexity index is 796. The zero-order valence-corrected chi connectivity index (χ0v) is 14.0. The molecule has 120 valence electrons. The third-order valence-corrected chi connectivity index (χ3v) is 4.29. The molecule has 0 aromatic heterocycles. The zero-order chi connectivity index (χ0) is 17.1. The van der Waals surface area contributed by atoms with Gasteiger partial charge in [0.1, 0.15) is 0 Å². The van der Waals surface area contributed by atoms with E-state index in [0.717, 1.165) is 22.3 Å². The minimum absolute atomic E-state index is 0.0528. The summed E-state index contributed by atoms with van der Waals surface area (Å²) in [5, 5.41) is 0. The second-order valence-corrected chi connectivity index (χ2v) is 6.28. The predicted molar refractivity (Wildman–Crippen MR) is 96.4 cm³/mol. The van der Waals surface area contributed by atoms with Crippen molar-refractivity contribution in [2.45, 2.75) is 26.7 Å². The fraction of sp³-hybridized carbons (Fsp3) is 0.182. The van der Waals surface area contributed by atoms with Crippen molar-refractivity contribution in [2.75, 3.05) is 0 Å². The Labute approximate surface area is 142 Å². The van der Waals surface area contributed by atoms with Crippen LogP contribution in [0.2, 0.25) is 0 Å². The van der Waals surface area contributed by atoms with Gasteiger partial charge in [-0.3, -0.25) is 9.59 Å². The third-order valence-electron chi connectivity index (χ3n) is 4.29. The molecule has 2 nitrogen and oxygen atoms in total. The highest BCUT2D eigenvalue weighted by Gasteiger charge is 2.19. The summed E-state index contributed by atoms with van der Waals surface area (Å²) in [5.74, 6) is 0.106. The van der Waals surface area contributed by atoms with E-state index in [0.29, 0.717) is 24.0 Å². The molecule has 2 aromatic rings. The van der Waals surface area contributed by atoms with E-state index in [9.17, 15) is 9.59 Å². The number of benzene rings is 2. The smallest absolute Gasteiger partial charge is 0.189 e. The summed E-state index contributed by atoms with van der Waals surface area (Å²) in [4.78, 5) is 25.1. The topological polar surface area (TPSA) is 34.1 Å². The number of aryl methyl sites for hydroxylation is 2. The fourth-order valence-electron chi connectivity index (χ4n) is 2.96. The number of ketones is 2. The summed E-state index contributed by atoms with van der Waals surface area (Å²) in [6.45, 7) is 3.95. The molecule has 1 aliphatic carbocycles. The molecule has 24 heavy (non-hydrogen) atoms. The van der Waals surface area contributed by atoms with Gasteiger partial charge in [-0.25, -0.2) is 0 Å². The number of carbonyl (C=O) groups is 2. The Hall–Kier alpha value is -2.74. The number of carbonyl (C=O) groups excluding carboxylic acids is 2. The summed E-state index contributed by atoms with van der Waals surface area (Å²) >= 11 is 0. The van der Waals surface area contributed by atoms with Gasteiger partial charge in [-0.05, 0) is 38.8 Å². The largest absolute Gasteiger partial charge is 0.289 e. The van der Waals surface area contributed by atoms with Gasteiger partial charge >= 0.3 is 0 Å². The Morgan fingerprint density at radius 1 is 0.708 bits per heavy atom. The van der Waals surface area contributed by atoms with E-state index < -0.39 is 0 Å². The van der Waals surface area contributed by atoms with Crippen LogP contribution in [0.5, 0.6) is 0 Å². The number of hydrogen-bond donors (Lipinski definition) is 0. The molecule has 0 unspecified atom stereocenters. The molecule has 0 saturated heterocycles. The minimum Gasteiger partial charge on any atom is -0.289 e. The predicted octanol–water partition coefficient (Wildman–Crippen LogP) is 5.02. The molecule has 2 heteroatoms. The molecule has 0 heterocycles. The molecule has 2 aromatic carbocycles. The van der Waals surface area contributed by atoms with E-state index >= 15 is 0 Å². The van der Waals surface area contributed by atoms with E-state index in [-0.39, 0.29) is 11.6 Å². The highest BCUT2D eigenvalue weighted by molar-refractivity contribution is 6.12. The first-order valence-electron chi connectivity index (χ1n) is 8.17. The van der Waals surface area contributed by atoms with Gasteiger partial charge in [0, 0.05) is 22.3 Å². The van der Waals surface area contributed by atoms with Crippen LogP contribution in [0.4, 0.5) is 0 Å². The molecule has 0 radical (unpaired) electrons. The van der Waals surface area contributed by atoms with E-state index in [2.05, 4.69) is 0 Å². The Morgan fingerprint density at radius 3 is 1.46 bits per heavy atom. The second-order valence-electron chi connectivity index (χ2n) is 6.28. The second kappa shape index (κ2) is 6.79. The van der Waals surface area contributed by atoms with Crippen molar-refractivity contribution in [1.82, 2.24) is 0 Å². The van der Waals surface area contributed by atoms with E-state index in [1.54, 1.807) is 12.2 Å². The van der Waals surface area contributed by atoms with E-state index in [1.165, 1.54) is 0 Å². The molecule has 0 fully saturated rings. The maximum atomic E-state index is 12.6. The molecule has 0 atom stereocenters. The lowest BCUT2D eigenvalue weighted by Gasteiger charge is -2.14. The molecule has 0 N–H and O–H groups in total. The summed E-state index contributed by atoms with van der Waals surface area (Å²) in [5.41, 5.74) is 5.10. The first-order valence-corrected chi connectivity index (χ1v) is 8.17. The van der Waals surface area contributed by atoms with Gasteiger partial charge in [-0.2, -0.15) is 0 Å². The molecular formula is C22H20O2. The molecule has 0 saturated carbocycles. The lowest BCUT2D eigenvalue weighted by Crippen LogP contribution is -2.11. The molecule has 1 aliphatic rings. The van der Waals surface area contributed by atoms with Crippen molar-refractivity contribution in [3.05, 3.63) is 94.1 Å². The maximum Gasteiger partial charge on any atom is 0.189 e. The molecular weight excluding hydrogens is 296 g/mol. The quantitative estimate of drug-likeness (QED) is 0.743. The van der Waals surface area contributed by atoms with Crippen LogP contribution in [0.3, 0.4) is 0 Å². The van der Waals surface area contributed by atoms with Crippen molar-refractivity contribution in [3.63, 3.8) is 0 Å². The third kappa shape index (κ3) is 3.43. The van der Waals surface area contributed by atoms with Gasteiger partial charge in [-0.15, -0.1) is 0 Å². The Balaban J connectivity index is 1.81. The van der Waals surface area contributed by atoms with Crippen LogP contribution in [-0.4, -0.2) is 11.6 Å². The number of rotatable bonds is 4. The van der Waals surface area contributed by atoms with Gasteiger partial charge in [0.25, 0.3) is 0 Å².